The average Bonchev–Trinajstić information content (AvgIpc) is 3.31. The van der Waals surface area contributed by atoms with E-state index in [0.29, 0.717) is 45.2 Å². The first-order valence-electron chi connectivity index (χ1n) is 21.5. The predicted molar refractivity (Wildman–Crippen MR) is 245 cm³/mol. The molecule has 0 bridgehead atoms. The van der Waals surface area contributed by atoms with Crippen LogP contribution < -0.4 is 21.3 Å². The lowest BCUT2D eigenvalue weighted by molar-refractivity contribution is -0.121. The Kier molecular flexibility index (Phi) is 36.0. The van der Waals surface area contributed by atoms with Crippen LogP contribution in [-0.4, -0.2) is 133 Å². The molecule has 0 spiro atoms. The third kappa shape index (κ3) is 29.5. The maximum Gasteiger partial charge on any atom is 0.251 e. The molecule has 15 heteroatoms. The largest absolute Gasteiger partial charge is 0.508 e. The van der Waals surface area contributed by atoms with Crippen molar-refractivity contribution in [2.45, 2.75) is 71.8 Å². The monoisotopic (exact) mass is 879 g/mol. The van der Waals surface area contributed by atoms with Gasteiger partial charge in [0.15, 0.2) is 0 Å². The fourth-order valence-corrected chi connectivity index (χ4v) is 5.51. The highest BCUT2D eigenvalue weighted by Crippen LogP contribution is 2.28. The van der Waals surface area contributed by atoms with E-state index in [1.54, 1.807) is 48.5 Å². The van der Waals surface area contributed by atoms with Gasteiger partial charge in [0.25, 0.3) is 5.91 Å². The molecule has 63 heavy (non-hydrogen) atoms. The summed E-state index contributed by atoms with van der Waals surface area (Å²) in [5.41, 5.74) is 0.861. The Morgan fingerprint density at radius 3 is 1.16 bits per heavy atom. The van der Waals surface area contributed by atoms with Crippen molar-refractivity contribution >= 4 is 23.6 Å². The predicted octanol–water partition coefficient (Wildman–Crippen LogP) is 4.27. The topological polar surface area (TPSA) is 192 Å². The van der Waals surface area contributed by atoms with Crippen LogP contribution in [0.5, 0.6) is 5.75 Å². The molecule has 0 heterocycles. The molecule has 2 aromatic rings. The van der Waals surface area contributed by atoms with Crippen molar-refractivity contribution in [3.63, 3.8) is 0 Å². The number of hydrogen-bond donors (Lipinski definition) is 5. The van der Waals surface area contributed by atoms with E-state index in [1.165, 1.54) is 0 Å². The number of nitrogens with one attached hydrogen (secondary N) is 4. The van der Waals surface area contributed by atoms with Gasteiger partial charge in [-0.3, -0.25) is 19.2 Å². The quantitative estimate of drug-likeness (QED) is 0.0509. The number of ether oxygens (including phenoxy) is 6. The Labute approximate surface area is 375 Å². The lowest BCUT2D eigenvalue weighted by Crippen LogP contribution is -2.50. The summed E-state index contributed by atoms with van der Waals surface area (Å²) in [5, 5.41) is 21.3. The van der Waals surface area contributed by atoms with E-state index in [4.69, 9.17) is 47.7 Å². The lowest BCUT2D eigenvalue weighted by Gasteiger charge is -2.35. The van der Waals surface area contributed by atoms with Crippen molar-refractivity contribution in [1.29, 1.82) is 0 Å². The first-order valence-corrected chi connectivity index (χ1v) is 21.5. The van der Waals surface area contributed by atoms with Gasteiger partial charge in [-0.2, -0.15) is 0 Å². The summed E-state index contributed by atoms with van der Waals surface area (Å²) in [6.45, 7) is 11.9. The number of rotatable bonds is 33. The smallest absolute Gasteiger partial charge is 0.251 e. The maximum absolute atomic E-state index is 13.9. The molecule has 5 N–H and O–H groups in total. The summed E-state index contributed by atoms with van der Waals surface area (Å²) in [6.07, 6.45) is 15.8. The number of hydrogen-bond acceptors (Lipinski definition) is 11. The van der Waals surface area contributed by atoms with Gasteiger partial charge in [-0.25, -0.2) is 0 Å². The van der Waals surface area contributed by atoms with Crippen molar-refractivity contribution in [3.8, 4) is 53.9 Å². The standard InChI is InChI=1S/C44H58N4O11.2C2H6/c1-4-24-54-30-33-57-27-21-45-40(50)15-18-44(19-16-41(51)46-22-28-58-34-31-55-25-5-2,20-17-42(52)47-23-29-59-35-32-56-26-6-3)48-43(53)38-9-7-36(8-10-38)37-11-13-39(49)14-12-37;2*1-2/h1-3,7-14,49H,15-35H2,(H,45,50)(H,46,51)(H,47,52)(H,48,53);2*1-2H3. The zero-order valence-electron chi connectivity index (χ0n) is 37.7. The van der Waals surface area contributed by atoms with Gasteiger partial charge in [0.1, 0.15) is 25.6 Å². The van der Waals surface area contributed by atoms with Crippen LogP contribution >= 0.6 is 0 Å². The molecule has 15 nitrogen and oxygen atoms in total. The highest BCUT2D eigenvalue weighted by molar-refractivity contribution is 5.95. The van der Waals surface area contributed by atoms with Gasteiger partial charge in [-0.1, -0.05) is 69.7 Å². The Morgan fingerprint density at radius 1 is 0.508 bits per heavy atom. The molecule has 0 radical (unpaired) electrons. The number of carbonyl (C=O) groups is 4. The number of phenols is 1. The van der Waals surface area contributed by atoms with E-state index in [0.717, 1.165) is 11.1 Å². The van der Waals surface area contributed by atoms with E-state index in [2.05, 4.69) is 39.0 Å². The highest BCUT2D eigenvalue weighted by atomic mass is 16.5. The van der Waals surface area contributed by atoms with Gasteiger partial charge in [-0.05, 0) is 54.7 Å². The molecule has 348 valence electrons. The number of amides is 4. The van der Waals surface area contributed by atoms with Crippen LogP contribution in [0.15, 0.2) is 48.5 Å². The number of phenolic OH excluding ortho intramolecular Hbond substituents is 1. The second kappa shape index (κ2) is 39.4. The van der Waals surface area contributed by atoms with E-state index in [9.17, 15) is 24.3 Å². The molecule has 0 saturated heterocycles. The Bertz CT molecular complexity index is 1540. The van der Waals surface area contributed by atoms with E-state index in [1.807, 2.05) is 27.7 Å². The van der Waals surface area contributed by atoms with Gasteiger partial charge in [0.05, 0.1) is 59.5 Å². The van der Waals surface area contributed by atoms with Crippen molar-refractivity contribution in [2.24, 2.45) is 0 Å². The van der Waals surface area contributed by atoms with Crippen molar-refractivity contribution in [3.05, 3.63) is 54.1 Å². The average molecular weight is 879 g/mol. The first-order chi connectivity index (χ1) is 30.7. The summed E-state index contributed by atoms with van der Waals surface area (Å²) in [7, 11) is 0. The summed E-state index contributed by atoms with van der Waals surface area (Å²) in [5.74, 6) is 5.93. The number of aromatic hydroxyl groups is 1. The Balaban J connectivity index is 0.00000932. The Morgan fingerprint density at radius 2 is 0.825 bits per heavy atom. The van der Waals surface area contributed by atoms with Gasteiger partial charge >= 0.3 is 0 Å². The summed E-state index contributed by atoms with van der Waals surface area (Å²) in [4.78, 5) is 53.2. The minimum absolute atomic E-state index is 0.0141. The van der Waals surface area contributed by atoms with Gasteiger partial charge in [0, 0.05) is 50.0 Å². The van der Waals surface area contributed by atoms with Crippen LogP contribution in [0.3, 0.4) is 0 Å². The van der Waals surface area contributed by atoms with Gasteiger partial charge in [0.2, 0.25) is 17.7 Å². The van der Waals surface area contributed by atoms with Crippen LogP contribution in [0, 0.1) is 37.0 Å². The van der Waals surface area contributed by atoms with E-state index >= 15 is 0 Å². The molecule has 0 saturated carbocycles. The zero-order valence-corrected chi connectivity index (χ0v) is 37.7. The van der Waals surface area contributed by atoms with Crippen molar-refractivity contribution in [2.75, 3.05) is 98.9 Å². The fourth-order valence-electron chi connectivity index (χ4n) is 5.51. The minimum Gasteiger partial charge on any atom is -0.508 e. The molecule has 0 aromatic heterocycles. The molecule has 2 aromatic carbocycles. The molecule has 0 aliphatic carbocycles. The van der Waals surface area contributed by atoms with Crippen molar-refractivity contribution < 1.29 is 52.7 Å². The molecular weight excluding hydrogens is 809 g/mol. The lowest BCUT2D eigenvalue weighted by atomic mass is 9.82. The fraction of sp³-hybridized carbons (Fsp3) is 0.542. The van der Waals surface area contributed by atoms with Crippen molar-refractivity contribution in [1.82, 2.24) is 21.3 Å². The molecule has 0 unspecified atom stereocenters. The summed E-state index contributed by atoms with van der Waals surface area (Å²) in [6, 6.07) is 13.6. The molecule has 0 fully saturated rings. The number of benzene rings is 2. The minimum atomic E-state index is -1.15. The van der Waals surface area contributed by atoms with Crippen LogP contribution in [0.25, 0.3) is 11.1 Å². The van der Waals surface area contributed by atoms with E-state index < -0.39 is 11.4 Å². The van der Waals surface area contributed by atoms with Gasteiger partial charge in [-0.15, -0.1) is 19.3 Å². The maximum atomic E-state index is 13.9. The molecule has 2 rings (SSSR count). The number of terminal acetylenes is 3. The SMILES string of the molecule is C#CCOCCOCCNC(=O)CCC(CCC(=O)NCCOCCOCC#C)(CCC(=O)NCCOCCOCC#C)NC(=O)c1ccc(-c2ccc(O)cc2)cc1.CC.CC. The van der Waals surface area contributed by atoms with Crippen LogP contribution in [-0.2, 0) is 42.8 Å². The van der Waals surface area contributed by atoms with Crippen LogP contribution in [0.1, 0.15) is 76.6 Å². The Hall–Kier alpha value is -5.44. The van der Waals surface area contributed by atoms with Gasteiger partial charge < -0.3 is 54.8 Å². The third-order valence-electron chi connectivity index (χ3n) is 8.60. The second-order valence-electron chi connectivity index (χ2n) is 13.0. The number of carbonyl (C=O) groups excluding carboxylic acids is 4. The first kappa shape index (κ1) is 57.6. The molecule has 4 amide bonds. The third-order valence-corrected chi connectivity index (χ3v) is 8.60. The normalized spacial score (nSPS) is 10.3. The summed E-state index contributed by atoms with van der Waals surface area (Å²) < 4.78 is 32.0. The van der Waals surface area contributed by atoms with Crippen LogP contribution in [0.2, 0.25) is 0 Å². The summed E-state index contributed by atoms with van der Waals surface area (Å²) >= 11 is 0. The molecule has 0 aliphatic rings. The second-order valence-corrected chi connectivity index (χ2v) is 13.0. The molecular formula is C48H70N4O11. The molecule has 0 aliphatic heterocycles. The highest BCUT2D eigenvalue weighted by Gasteiger charge is 2.34. The van der Waals surface area contributed by atoms with E-state index in [-0.39, 0.29) is 121 Å². The zero-order chi connectivity index (χ0) is 46.8. The van der Waals surface area contributed by atoms with Crippen LogP contribution in [0.4, 0.5) is 0 Å². The molecule has 0 atom stereocenters.